The zero-order valence-electron chi connectivity index (χ0n) is 17.5. The van der Waals surface area contributed by atoms with Gasteiger partial charge in [-0.2, -0.15) is 0 Å². The van der Waals surface area contributed by atoms with Crippen LogP contribution in [0.5, 0.6) is 11.5 Å². The van der Waals surface area contributed by atoms with Gasteiger partial charge in [-0.25, -0.2) is 4.79 Å². The summed E-state index contributed by atoms with van der Waals surface area (Å²) in [7, 11) is 0. The van der Waals surface area contributed by atoms with E-state index in [0.29, 0.717) is 39.5 Å². The maximum atomic E-state index is 12.5. The van der Waals surface area contributed by atoms with Crippen molar-refractivity contribution in [2.75, 3.05) is 5.75 Å². The molecule has 0 fully saturated rings. The molecule has 1 heterocycles. The Bertz CT molecular complexity index is 1290. The third kappa shape index (κ3) is 6.14. The predicted octanol–water partition coefficient (Wildman–Crippen LogP) is 7.23. The molecule has 4 aromatic rings. The summed E-state index contributed by atoms with van der Waals surface area (Å²) in [5.41, 5.74) is 2.17. The van der Waals surface area contributed by atoms with Gasteiger partial charge in [-0.3, -0.25) is 0 Å². The Balaban J connectivity index is 1.40. The Kier molecular flexibility index (Phi) is 7.65. The molecule has 0 bridgehead atoms. The van der Waals surface area contributed by atoms with Crippen LogP contribution in [0, 0.1) is 0 Å². The van der Waals surface area contributed by atoms with E-state index in [2.05, 4.69) is 0 Å². The highest BCUT2D eigenvalue weighted by Crippen LogP contribution is 2.31. The van der Waals surface area contributed by atoms with Gasteiger partial charge in [-0.15, -0.1) is 11.8 Å². The maximum Gasteiger partial charge on any atom is 0.353 e. The largest absolute Gasteiger partial charge is 0.506 e. The van der Waals surface area contributed by atoms with E-state index in [-0.39, 0.29) is 10.6 Å². The standard InChI is InChI=1S/C26H20Cl2O4S/c27-21-11-6-18(14-22(21)28)16-31-20-9-7-19(8-10-20)24-15-23(29)25(26(30)32-24)33-13-12-17-4-2-1-3-5-17/h1-11,14-15,29H,12-13,16H2. The molecule has 0 atom stereocenters. The van der Waals surface area contributed by atoms with E-state index in [0.717, 1.165) is 12.0 Å². The van der Waals surface area contributed by atoms with E-state index in [4.69, 9.17) is 32.4 Å². The number of rotatable bonds is 8. The lowest BCUT2D eigenvalue weighted by Crippen LogP contribution is -2.04. The third-order valence-corrected chi connectivity index (χ3v) is 6.71. The van der Waals surface area contributed by atoms with Crippen molar-refractivity contribution in [3.05, 3.63) is 110 Å². The van der Waals surface area contributed by atoms with Gasteiger partial charge in [-0.05, 0) is 53.9 Å². The monoisotopic (exact) mass is 498 g/mol. The molecule has 1 aromatic heterocycles. The summed E-state index contributed by atoms with van der Waals surface area (Å²) in [4.78, 5) is 12.7. The average Bonchev–Trinajstić information content (AvgIpc) is 2.82. The number of hydrogen-bond donors (Lipinski definition) is 1. The highest BCUT2D eigenvalue weighted by atomic mass is 35.5. The topological polar surface area (TPSA) is 59.7 Å². The zero-order valence-corrected chi connectivity index (χ0v) is 19.8. The lowest BCUT2D eigenvalue weighted by atomic mass is 10.1. The van der Waals surface area contributed by atoms with E-state index in [1.165, 1.54) is 23.4 Å². The van der Waals surface area contributed by atoms with Gasteiger partial charge in [0, 0.05) is 17.4 Å². The van der Waals surface area contributed by atoms with E-state index < -0.39 is 5.63 Å². The summed E-state index contributed by atoms with van der Waals surface area (Å²) in [6.45, 7) is 0.334. The Morgan fingerprint density at radius 2 is 1.64 bits per heavy atom. The molecular weight excluding hydrogens is 479 g/mol. The number of aromatic hydroxyl groups is 1. The number of halogens is 2. The zero-order chi connectivity index (χ0) is 23.2. The minimum atomic E-state index is -0.553. The van der Waals surface area contributed by atoms with E-state index in [1.54, 1.807) is 36.4 Å². The van der Waals surface area contributed by atoms with Crippen molar-refractivity contribution < 1.29 is 14.3 Å². The summed E-state index contributed by atoms with van der Waals surface area (Å²) < 4.78 is 11.2. The quantitative estimate of drug-likeness (QED) is 0.259. The number of ether oxygens (including phenoxy) is 1. The van der Waals surface area contributed by atoms with Crippen molar-refractivity contribution in [2.24, 2.45) is 0 Å². The molecule has 0 saturated carbocycles. The van der Waals surface area contributed by atoms with Gasteiger partial charge in [0.15, 0.2) is 0 Å². The van der Waals surface area contributed by atoms with Crippen LogP contribution >= 0.6 is 35.0 Å². The fourth-order valence-corrected chi connectivity index (χ4v) is 4.40. The van der Waals surface area contributed by atoms with Gasteiger partial charge in [0.1, 0.15) is 28.8 Å². The summed E-state index contributed by atoms with van der Waals surface area (Å²) in [6.07, 6.45) is 0.788. The Hall–Kier alpha value is -2.86. The highest BCUT2D eigenvalue weighted by Gasteiger charge is 2.13. The van der Waals surface area contributed by atoms with Crippen molar-refractivity contribution in [1.29, 1.82) is 0 Å². The number of thioether (sulfide) groups is 1. The van der Waals surface area contributed by atoms with Crippen LogP contribution in [-0.4, -0.2) is 10.9 Å². The van der Waals surface area contributed by atoms with Crippen LogP contribution in [0.3, 0.4) is 0 Å². The first-order chi connectivity index (χ1) is 16.0. The van der Waals surface area contributed by atoms with Gasteiger partial charge >= 0.3 is 5.63 Å². The van der Waals surface area contributed by atoms with E-state index in [9.17, 15) is 9.90 Å². The van der Waals surface area contributed by atoms with Gasteiger partial charge in [-0.1, -0.05) is 59.6 Å². The summed E-state index contributed by atoms with van der Waals surface area (Å²) in [6, 6.07) is 23.9. The van der Waals surface area contributed by atoms with Crippen LogP contribution in [0.4, 0.5) is 0 Å². The fourth-order valence-electron chi connectivity index (χ4n) is 3.17. The van der Waals surface area contributed by atoms with Crippen LogP contribution in [0.25, 0.3) is 11.3 Å². The first-order valence-electron chi connectivity index (χ1n) is 10.2. The van der Waals surface area contributed by atoms with Crippen molar-refractivity contribution in [3.63, 3.8) is 0 Å². The average molecular weight is 499 g/mol. The SMILES string of the molecule is O=c1oc(-c2ccc(OCc3ccc(Cl)c(Cl)c3)cc2)cc(O)c1SCCc1ccccc1. The second-order valence-corrected chi connectivity index (χ2v) is 9.18. The lowest BCUT2D eigenvalue weighted by molar-refractivity contribution is 0.306. The molecule has 7 heteroatoms. The molecule has 0 radical (unpaired) electrons. The van der Waals surface area contributed by atoms with Crippen LogP contribution in [0.1, 0.15) is 11.1 Å². The normalized spacial score (nSPS) is 10.8. The molecular formula is C26H20Cl2O4S. The van der Waals surface area contributed by atoms with Crippen LogP contribution < -0.4 is 10.4 Å². The van der Waals surface area contributed by atoms with Crippen LogP contribution in [0.2, 0.25) is 10.0 Å². The molecule has 1 N–H and O–H groups in total. The molecule has 0 saturated heterocycles. The minimum Gasteiger partial charge on any atom is -0.506 e. The second-order valence-electron chi connectivity index (χ2n) is 7.26. The summed E-state index contributed by atoms with van der Waals surface area (Å²) in [5, 5.41) is 11.4. The Morgan fingerprint density at radius 1 is 0.879 bits per heavy atom. The van der Waals surface area contributed by atoms with Crippen molar-refractivity contribution >= 4 is 35.0 Å². The number of aryl methyl sites for hydroxylation is 1. The highest BCUT2D eigenvalue weighted by molar-refractivity contribution is 7.99. The number of benzene rings is 3. The van der Waals surface area contributed by atoms with E-state index in [1.807, 2.05) is 36.4 Å². The van der Waals surface area contributed by atoms with Crippen molar-refractivity contribution in [1.82, 2.24) is 0 Å². The van der Waals surface area contributed by atoms with Crippen LogP contribution in [0.15, 0.2) is 93.0 Å². The second kappa shape index (κ2) is 10.8. The van der Waals surface area contributed by atoms with Gasteiger partial charge in [0.05, 0.1) is 10.0 Å². The Labute approximate surface area is 205 Å². The molecule has 0 aliphatic carbocycles. The molecule has 33 heavy (non-hydrogen) atoms. The molecule has 0 aliphatic heterocycles. The van der Waals surface area contributed by atoms with Crippen molar-refractivity contribution in [2.45, 2.75) is 17.9 Å². The van der Waals surface area contributed by atoms with Gasteiger partial charge in [0.25, 0.3) is 0 Å². The minimum absolute atomic E-state index is 0.0840. The molecule has 4 nitrogen and oxygen atoms in total. The smallest absolute Gasteiger partial charge is 0.353 e. The van der Waals surface area contributed by atoms with Crippen LogP contribution in [-0.2, 0) is 13.0 Å². The van der Waals surface area contributed by atoms with Gasteiger partial charge < -0.3 is 14.3 Å². The molecule has 0 unspecified atom stereocenters. The first-order valence-corrected chi connectivity index (χ1v) is 11.9. The lowest BCUT2D eigenvalue weighted by Gasteiger charge is -2.09. The maximum absolute atomic E-state index is 12.5. The van der Waals surface area contributed by atoms with Gasteiger partial charge in [0.2, 0.25) is 0 Å². The third-order valence-electron chi connectivity index (χ3n) is 4.90. The molecule has 0 aliphatic rings. The predicted molar refractivity (Wildman–Crippen MR) is 134 cm³/mol. The summed E-state index contributed by atoms with van der Waals surface area (Å²) in [5.74, 6) is 1.51. The first kappa shape index (κ1) is 23.3. The molecule has 168 valence electrons. The number of hydrogen-bond acceptors (Lipinski definition) is 5. The van der Waals surface area contributed by atoms with Crippen molar-refractivity contribution in [3.8, 4) is 22.8 Å². The Morgan fingerprint density at radius 3 is 2.33 bits per heavy atom. The molecule has 0 amide bonds. The molecule has 0 spiro atoms. The molecule has 3 aromatic carbocycles. The molecule has 4 rings (SSSR count). The fraction of sp³-hybridized carbons (Fsp3) is 0.115. The van der Waals surface area contributed by atoms with E-state index >= 15 is 0 Å². The summed E-state index contributed by atoms with van der Waals surface area (Å²) >= 11 is 13.3.